The van der Waals surface area contributed by atoms with Crippen LogP contribution in [0, 0.1) is 6.92 Å². The molecule has 0 radical (unpaired) electrons. The zero-order valence-corrected chi connectivity index (χ0v) is 15.4. The molecule has 0 atom stereocenters. The lowest BCUT2D eigenvalue weighted by Gasteiger charge is -2.08. The number of nitrogens with one attached hydrogen (secondary N) is 1. The lowest BCUT2D eigenvalue weighted by Crippen LogP contribution is -2.27. The fraction of sp³-hybridized carbons (Fsp3) is 0.143. The first kappa shape index (κ1) is 19.5. The maximum Gasteiger partial charge on any atom is 0.259 e. The lowest BCUT2D eigenvalue weighted by molar-refractivity contribution is 1.05. The first-order valence-corrected chi connectivity index (χ1v) is 8.24. The summed E-state index contributed by atoms with van der Waals surface area (Å²) in [4.78, 5) is 19.4. The van der Waals surface area contributed by atoms with Gasteiger partial charge < -0.3 is 10.7 Å². The van der Waals surface area contributed by atoms with Gasteiger partial charge in [-0.15, -0.1) is 12.4 Å². The van der Waals surface area contributed by atoms with Crippen LogP contribution in [0.3, 0.4) is 0 Å². The van der Waals surface area contributed by atoms with Crippen LogP contribution in [0.5, 0.6) is 0 Å². The molecule has 0 amide bonds. The number of H-pyrrole nitrogens is 1. The number of aryl methyl sites for hydroxylation is 1. The molecule has 0 bridgehead atoms. The van der Waals surface area contributed by atoms with Gasteiger partial charge in [0, 0.05) is 6.20 Å². The molecule has 1 heterocycles. The molecule has 2 aromatic carbocycles. The number of amidine groups is 1. The number of aromatic nitrogens is 1. The normalized spacial score (nSPS) is 11.0. The van der Waals surface area contributed by atoms with Gasteiger partial charge in [-0.3, -0.25) is 9.79 Å². The van der Waals surface area contributed by atoms with Crippen molar-refractivity contribution >= 4 is 18.2 Å². The van der Waals surface area contributed by atoms with Gasteiger partial charge in [-0.05, 0) is 36.1 Å². The summed E-state index contributed by atoms with van der Waals surface area (Å²) in [7, 11) is 0. The zero-order valence-electron chi connectivity index (χ0n) is 14.6. The predicted octanol–water partition coefficient (Wildman–Crippen LogP) is 3.60. The second-order valence-corrected chi connectivity index (χ2v) is 6.06. The summed E-state index contributed by atoms with van der Waals surface area (Å²) in [5.74, 6) is 0.272. The van der Waals surface area contributed by atoms with E-state index >= 15 is 0 Å². The Morgan fingerprint density at radius 2 is 1.69 bits per heavy atom. The Hall–Kier alpha value is -2.85. The number of benzene rings is 2. The van der Waals surface area contributed by atoms with Gasteiger partial charge in [0.05, 0.1) is 12.1 Å². The highest BCUT2D eigenvalue weighted by Crippen LogP contribution is 2.12. The van der Waals surface area contributed by atoms with Gasteiger partial charge >= 0.3 is 0 Å². The number of halogens is 1. The van der Waals surface area contributed by atoms with E-state index < -0.39 is 0 Å². The van der Waals surface area contributed by atoms with E-state index in [9.17, 15) is 4.79 Å². The second kappa shape index (κ2) is 9.02. The number of nitrogens with two attached hydrogens (primary N) is 1. The number of hydrogen-bond donors (Lipinski definition) is 2. The Labute approximate surface area is 159 Å². The third-order valence-electron chi connectivity index (χ3n) is 4.09. The molecule has 0 saturated carbocycles. The first-order chi connectivity index (χ1) is 12.1. The van der Waals surface area contributed by atoms with Crippen molar-refractivity contribution in [2.75, 3.05) is 0 Å². The van der Waals surface area contributed by atoms with Gasteiger partial charge in [0.2, 0.25) is 0 Å². The Balaban J connectivity index is 0.00000243. The molecule has 0 aliphatic rings. The third-order valence-corrected chi connectivity index (χ3v) is 4.09. The average Bonchev–Trinajstić information content (AvgIpc) is 2.62. The molecule has 134 valence electrons. The van der Waals surface area contributed by atoms with E-state index in [0.717, 1.165) is 16.7 Å². The molecule has 3 aromatic rings. The van der Waals surface area contributed by atoms with Gasteiger partial charge in [-0.2, -0.15) is 0 Å². The van der Waals surface area contributed by atoms with E-state index in [1.54, 1.807) is 6.20 Å². The van der Waals surface area contributed by atoms with Crippen LogP contribution < -0.4 is 11.3 Å². The Morgan fingerprint density at radius 3 is 2.38 bits per heavy atom. The van der Waals surface area contributed by atoms with E-state index in [2.05, 4.69) is 9.98 Å². The fourth-order valence-corrected chi connectivity index (χ4v) is 2.71. The van der Waals surface area contributed by atoms with Crippen LogP contribution in [0.1, 0.15) is 27.8 Å². The van der Waals surface area contributed by atoms with Gasteiger partial charge in [-0.1, -0.05) is 60.2 Å². The number of hydrogen-bond acceptors (Lipinski definition) is 2. The standard InChI is InChI=1S/C21H21N3O.ClH/c1-15-7-9-17(10-8-15)14-24-20(22)19-18(11-12-23-21(19)25)13-16-5-3-2-4-6-16;/h2-12H,13-14H2,1H3,(H2,22,24)(H,23,25);1H. The molecule has 0 aliphatic heterocycles. The third kappa shape index (κ3) is 4.83. The molecule has 0 fully saturated rings. The number of aromatic amines is 1. The highest BCUT2D eigenvalue weighted by molar-refractivity contribution is 5.98. The van der Waals surface area contributed by atoms with E-state index in [4.69, 9.17) is 5.73 Å². The average molecular weight is 368 g/mol. The Bertz CT molecular complexity index is 931. The van der Waals surface area contributed by atoms with Crippen molar-refractivity contribution in [1.29, 1.82) is 0 Å². The number of aliphatic imine (C=N–C) groups is 1. The van der Waals surface area contributed by atoms with Crippen LogP contribution in [0.4, 0.5) is 0 Å². The first-order valence-electron chi connectivity index (χ1n) is 8.24. The van der Waals surface area contributed by atoms with Crippen molar-refractivity contribution in [2.24, 2.45) is 10.7 Å². The molecule has 0 aliphatic carbocycles. The van der Waals surface area contributed by atoms with Crippen LogP contribution >= 0.6 is 12.4 Å². The summed E-state index contributed by atoms with van der Waals surface area (Å²) >= 11 is 0. The summed E-state index contributed by atoms with van der Waals surface area (Å²) in [5, 5.41) is 0. The SMILES string of the molecule is Cc1ccc(CN=C(N)c2c(Cc3ccccc3)cc[nH]c2=O)cc1.Cl. The molecule has 0 saturated heterocycles. The minimum Gasteiger partial charge on any atom is -0.383 e. The maximum atomic E-state index is 12.3. The van der Waals surface area contributed by atoms with Crippen LogP contribution in [0.25, 0.3) is 0 Å². The molecular formula is C21H22ClN3O. The Morgan fingerprint density at radius 1 is 1.00 bits per heavy atom. The molecular weight excluding hydrogens is 346 g/mol. The van der Waals surface area contributed by atoms with Crippen molar-refractivity contribution in [3.05, 3.63) is 105 Å². The molecule has 4 nitrogen and oxygen atoms in total. The second-order valence-electron chi connectivity index (χ2n) is 6.06. The van der Waals surface area contributed by atoms with Crippen LogP contribution in [-0.4, -0.2) is 10.8 Å². The molecule has 3 N–H and O–H groups in total. The maximum absolute atomic E-state index is 12.3. The van der Waals surface area contributed by atoms with Gasteiger partial charge in [0.15, 0.2) is 0 Å². The number of pyridine rings is 1. The summed E-state index contributed by atoms with van der Waals surface area (Å²) < 4.78 is 0. The van der Waals surface area contributed by atoms with Crippen molar-refractivity contribution in [3.63, 3.8) is 0 Å². The smallest absolute Gasteiger partial charge is 0.259 e. The van der Waals surface area contributed by atoms with E-state index in [-0.39, 0.29) is 23.8 Å². The molecule has 5 heteroatoms. The quantitative estimate of drug-likeness (QED) is 0.534. The molecule has 26 heavy (non-hydrogen) atoms. The minimum absolute atomic E-state index is 0. The summed E-state index contributed by atoms with van der Waals surface area (Å²) in [6, 6.07) is 20.0. The lowest BCUT2D eigenvalue weighted by atomic mass is 10.0. The monoisotopic (exact) mass is 367 g/mol. The van der Waals surface area contributed by atoms with Crippen LogP contribution in [-0.2, 0) is 13.0 Å². The van der Waals surface area contributed by atoms with E-state index in [1.165, 1.54) is 5.56 Å². The largest absolute Gasteiger partial charge is 0.383 e. The van der Waals surface area contributed by atoms with E-state index in [0.29, 0.717) is 18.5 Å². The predicted molar refractivity (Wildman–Crippen MR) is 109 cm³/mol. The Kier molecular flexibility index (Phi) is 6.75. The van der Waals surface area contributed by atoms with Gasteiger partial charge in [-0.25, -0.2) is 0 Å². The van der Waals surface area contributed by atoms with Crippen molar-refractivity contribution < 1.29 is 0 Å². The van der Waals surface area contributed by atoms with Crippen LogP contribution in [0.2, 0.25) is 0 Å². The van der Waals surface area contributed by atoms with Crippen molar-refractivity contribution in [1.82, 2.24) is 4.98 Å². The summed E-state index contributed by atoms with van der Waals surface area (Å²) in [5.41, 5.74) is 10.7. The van der Waals surface area contributed by atoms with Gasteiger partial charge in [0.25, 0.3) is 5.56 Å². The fourth-order valence-electron chi connectivity index (χ4n) is 2.71. The van der Waals surface area contributed by atoms with Gasteiger partial charge in [0.1, 0.15) is 5.84 Å². The molecule has 0 spiro atoms. The number of rotatable bonds is 5. The van der Waals surface area contributed by atoms with Crippen molar-refractivity contribution in [3.8, 4) is 0 Å². The molecule has 3 rings (SSSR count). The van der Waals surface area contributed by atoms with Crippen molar-refractivity contribution in [2.45, 2.75) is 19.9 Å². The summed E-state index contributed by atoms with van der Waals surface area (Å²) in [6.45, 7) is 2.49. The van der Waals surface area contributed by atoms with Crippen LogP contribution in [0.15, 0.2) is 76.6 Å². The highest BCUT2D eigenvalue weighted by Gasteiger charge is 2.11. The topological polar surface area (TPSA) is 71.2 Å². The minimum atomic E-state index is -0.210. The molecule has 1 aromatic heterocycles. The molecule has 0 unspecified atom stereocenters. The summed E-state index contributed by atoms with van der Waals surface area (Å²) in [6.07, 6.45) is 2.29. The zero-order chi connectivity index (χ0) is 17.6. The highest BCUT2D eigenvalue weighted by atomic mass is 35.5. The number of nitrogens with zero attached hydrogens (tertiary/aromatic N) is 1. The van der Waals surface area contributed by atoms with E-state index in [1.807, 2.05) is 67.6 Å².